The van der Waals surface area contributed by atoms with Crippen molar-refractivity contribution in [2.75, 3.05) is 6.61 Å². The Morgan fingerprint density at radius 3 is 2.43 bits per heavy atom. The topological polar surface area (TPSA) is 35.0 Å². The summed E-state index contributed by atoms with van der Waals surface area (Å²) >= 11 is 0. The molecule has 5 aliphatic carbocycles. The lowest BCUT2D eigenvalue weighted by Crippen LogP contribution is -2.63. The van der Waals surface area contributed by atoms with Crippen LogP contribution < -0.4 is 4.74 Å². The van der Waals surface area contributed by atoms with Gasteiger partial charge in [0.25, 0.3) is 0 Å². The van der Waals surface area contributed by atoms with E-state index in [0.717, 1.165) is 41.8 Å². The van der Waals surface area contributed by atoms with Crippen LogP contribution in [0.3, 0.4) is 0 Å². The van der Waals surface area contributed by atoms with Crippen molar-refractivity contribution < 1.29 is 4.74 Å². The maximum Gasteiger partial charge on any atom is 0.220 e. The van der Waals surface area contributed by atoms with Gasteiger partial charge in [0.1, 0.15) is 5.82 Å². The van der Waals surface area contributed by atoms with Crippen LogP contribution >= 0.6 is 0 Å². The van der Waals surface area contributed by atoms with E-state index in [1.54, 1.807) is 0 Å². The fourth-order valence-electron chi connectivity index (χ4n) is 11.4. The summed E-state index contributed by atoms with van der Waals surface area (Å²) in [6.07, 6.45) is 13.5. The lowest BCUT2D eigenvalue weighted by Gasteiger charge is -2.70. The maximum atomic E-state index is 6.19. The minimum atomic E-state index is 0.0269. The number of hydrogen-bond donors (Lipinski definition) is 0. The minimum Gasteiger partial charge on any atom is -0.478 e. The zero-order chi connectivity index (χ0) is 26.5. The Morgan fingerprint density at radius 1 is 0.946 bits per heavy atom. The SMILES string of the molecule is CCOc1nc(C)nc2c1C[C@]1(C)[C@H]3CC=C4[C@H]5[C@@H](CC[C@@H](C)[C@@H]5C)CC[C@@]4(C)[C@]3(C)CC[C@H]1C2(C)C. The third-order valence-corrected chi connectivity index (χ3v) is 13.5. The summed E-state index contributed by atoms with van der Waals surface area (Å²) in [6, 6.07) is 0. The molecule has 5 aliphatic rings. The predicted octanol–water partition coefficient (Wildman–Crippen LogP) is 8.48. The van der Waals surface area contributed by atoms with Crippen LogP contribution in [0.4, 0.5) is 0 Å². The van der Waals surface area contributed by atoms with Gasteiger partial charge in [0.05, 0.1) is 12.3 Å². The van der Waals surface area contributed by atoms with Crippen LogP contribution in [0.25, 0.3) is 0 Å². The molecule has 0 aliphatic heterocycles. The summed E-state index contributed by atoms with van der Waals surface area (Å²) in [5.41, 5.74) is 5.37. The van der Waals surface area contributed by atoms with Gasteiger partial charge in [-0.15, -0.1) is 0 Å². The number of aryl methyl sites for hydroxylation is 1. The molecule has 0 bridgehead atoms. The van der Waals surface area contributed by atoms with Crippen molar-refractivity contribution in [2.45, 2.75) is 119 Å². The molecule has 0 aromatic carbocycles. The Hall–Kier alpha value is -1.38. The van der Waals surface area contributed by atoms with Gasteiger partial charge in [-0.05, 0) is 111 Å². The van der Waals surface area contributed by atoms with Crippen molar-refractivity contribution in [3.05, 3.63) is 28.7 Å². The average Bonchev–Trinajstić information content (AvgIpc) is 2.82. The first-order chi connectivity index (χ1) is 17.4. The average molecular weight is 505 g/mol. The third kappa shape index (κ3) is 3.30. The summed E-state index contributed by atoms with van der Waals surface area (Å²) in [5, 5.41) is 0. The van der Waals surface area contributed by atoms with E-state index in [-0.39, 0.29) is 10.8 Å². The highest BCUT2D eigenvalue weighted by Crippen LogP contribution is 2.74. The second kappa shape index (κ2) is 8.31. The summed E-state index contributed by atoms with van der Waals surface area (Å²) in [5.74, 6) is 6.45. The van der Waals surface area contributed by atoms with Crippen LogP contribution in [0.15, 0.2) is 11.6 Å². The zero-order valence-electron chi connectivity index (χ0n) is 25.2. The van der Waals surface area contributed by atoms with Gasteiger partial charge in [-0.2, -0.15) is 4.98 Å². The molecule has 1 heterocycles. The van der Waals surface area contributed by atoms with Crippen LogP contribution in [0.5, 0.6) is 5.88 Å². The first-order valence-corrected chi connectivity index (χ1v) is 15.6. The van der Waals surface area contributed by atoms with E-state index >= 15 is 0 Å². The highest BCUT2D eigenvalue weighted by atomic mass is 16.5. The molecule has 9 atom stereocenters. The first-order valence-electron chi connectivity index (χ1n) is 15.6. The highest BCUT2D eigenvalue weighted by molar-refractivity contribution is 5.43. The number of allylic oxidation sites excluding steroid dienone is 2. The fourth-order valence-corrected chi connectivity index (χ4v) is 11.4. The number of ether oxygens (including phenoxy) is 1. The molecular weight excluding hydrogens is 452 g/mol. The molecule has 6 rings (SSSR count). The molecule has 3 fully saturated rings. The molecule has 3 heteroatoms. The fraction of sp³-hybridized carbons (Fsp3) is 0.824. The standard InChI is InChI=1S/C34H52N2O/c1-10-37-30-24-19-32(7)26(31(5,6)29(24)35-22(4)36-30)16-18-34(9)27(32)14-13-25-28-21(3)20(2)11-12-23(28)15-17-33(25,34)8/h13,20-21,23,26-28H,10-12,14-19H2,1-9H3/t20-,21+,23+,26+,27-,28-,32+,33-,34-/m1/s1. The molecule has 3 saturated carbocycles. The van der Waals surface area contributed by atoms with Gasteiger partial charge in [-0.1, -0.05) is 66.5 Å². The van der Waals surface area contributed by atoms with Gasteiger partial charge >= 0.3 is 0 Å². The normalized spacial score (nSPS) is 45.9. The van der Waals surface area contributed by atoms with E-state index in [2.05, 4.69) is 61.5 Å². The molecule has 204 valence electrons. The Kier molecular flexibility index (Phi) is 5.81. The van der Waals surface area contributed by atoms with Gasteiger partial charge < -0.3 is 4.74 Å². The van der Waals surface area contributed by atoms with Crippen molar-refractivity contribution in [3.63, 3.8) is 0 Å². The summed E-state index contributed by atoms with van der Waals surface area (Å²) in [6.45, 7) is 22.9. The first kappa shape index (κ1) is 25.9. The van der Waals surface area contributed by atoms with Crippen LogP contribution in [-0.2, 0) is 11.8 Å². The molecule has 1 aromatic heterocycles. The number of rotatable bonds is 2. The monoisotopic (exact) mass is 504 g/mol. The second-order valence-corrected chi connectivity index (χ2v) is 15.3. The van der Waals surface area contributed by atoms with Gasteiger partial charge in [0.15, 0.2) is 0 Å². The van der Waals surface area contributed by atoms with Crippen molar-refractivity contribution >= 4 is 0 Å². The number of nitrogens with zero attached hydrogens (tertiary/aromatic N) is 2. The van der Waals surface area contributed by atoms with Gasteiger partial charge in [-0.3, -0.25) is 0 Å². The number of fused-ring (bicyclic) bond motifs is 8. The van der Waals surface area contributed by atoms with Crippen molar-refractivity contribution in [1.29, 1.82) is 0 Å². The van der Waals surface area contributed by atoms with E-state index in [0.29, 0.717) is 29.3 Å². The Bertz CT molecular complexity index is 1120. The van der Waals surface area contributed by atoms with Crippen molar-refractivity contribution in [3.8, 4) is 5.88 Å². The Labute approximate surface area is 226 Å². The van der Waals surface area contributed by atoms with E-state index in [9.17, 15) is 0 Å². The minimum absolute atomic E-state index is 0.0269. The predicted molar refractivity (Wildman–Crippen MR) is 152 cm³/mol. The lowest BCUT2D eigenvalue weighted by molar-refractivity contribution is -0.154. The number of hydrogen-bond acceptors (Lipinski definition) is 3. The molecule has 0 saturated heterocycles. The Morgan fingerprint density at radius 2 is 1.70 bits per heavy atom. The molecule has 0 unspecified atom stereocenters. The number of aromatic nitrogens is 2. The summed E-state index contributed by atoms with van der Waals surface area (Å²) in [7, 11) is 0. The molecule has 0 radical (unpaired) electrons. The molecular formula is C34H52N2O. The Balaban J connectivity index is 1.46. The molecule has 0 amide bonds. The molecule has 0 N–H and O–H groups in total. The van der Waals surface area contributed by atoms with E-state index in [1.807, 2.05) is 12.5 Å². The second-order valence-electron chi connectivity index (χ2n) is 15.3. The molecule has 3 nitrogen and oxygen atoms in total. The summed E-state index contributed by atoms with van der Waals surface area (Å²) in [4.78, 5) is 9.92. The van der Waals surface area contributed by atoms with Gasteiger partial charge in [-0.25, -0.2) is 4.98 Å². The van der Waals surface area contributed by atoms with E-state index in [4.69, 9.17) is 14.7 Å². The van der Waals surface area contributed by atoms with Crippen LogP contribution in [-0.4, -0.2) is 16.6 Å². The van der Waals surface area contributed by atoms with Crippen LogP contribution in [0.1, 0.15) is 117 Å². The highest BCUT2D eigenvalue weighted by Gasteiger charge is 2.67. The largest absolute Gasteiger partial charge is 0.478 e. The molecule has 1 aromatic rings. The van der Waals surface area contributed by atoms with E-state index in [1.165, 1.54) is 56.2 Å². The van der Waals surface area contributed by atoms with E-state index < -0.39 is 0 Å². The third-order valence-electron chi connectivity index (χ3n) is 13.5. The quantitative estimate of drug-likeness (QED) is 0.379. The van der Waals surface area contributed by atoms with Crippen molar-refractivity contribution in [2.24, 2.45) is 51.8 Å². The van der Waals surface area contributed by atoms with Crippen molar-refractivity contribution in [1.82, 2.24) is 9.97 Å². The van der Waals surface area contributed by atoms with Crippen LogP contribution in [0.2, 0.25) is 0 Å². The lowest BCUT2D eigenvalue weighted by atomic mass is 9.34. The molecule has 0 spiro atoms. The summed E-state index contributed by atoms with van der Waals surface area (Å²) < 4.78 is 6.19. The van der Waals surface area contributed by atoms with Gasteiger partial charge in [0.2, 0.25) is 5.88 Å². The zero-order valence-corrected chi connectivity index (χ0v) is 25.2. The van der Waals surface area contributed by atoms with Gasteiger partial charge in [0, 0.05) is 11.0 Å². The molecule has 37 heavy (non-hydrogen) atoms. The maximum absolute atomic E-state index is 6.19. The smallest absolute Gasteiger partial charge is 0.220 e. The van der Waals surface area contributed by atoms with Crippen LogP contribution in [0, 0.1) is 58.7 Å².